The van der Waals surface area contributed by atoms with Gasteiger partial charge in [0.05, 0.1) is 0 Å². The molecule has 340 valence electrons. The van der Waals surface area contributed by atoms with Gasteiger partial charge in [-0.1, -0.05) is 238 Å². The van der Waals surface area contributed by atoms with Crippen LogP contribution in [0, 0.1) is 0 Å². The van der Waals surface area contributed by atoms with Gasteiger partial charge in [0.1, 0.15) is 0 Å². The molecular weight excluding hydrogens is 867 g/mol. The number of benzene rings is 12. The highest BCUT2D eigenvalue weighted by atomic mass is 15.1. The zero-order valence-electron chi connectivity index (χ0n) is 40.4. The summed E-state index contributed by atoms with van der Waals surface area (Å²) in [5.41, 5.74) is 23.0. The van der Waals surface area contributed by atoms with Gasteiger partial charge >= 0.3 is 0 Å². The van der Waals surface area contributed by atoms with Gasteiger partial charge in [0.2, 0.25) is 0 Å². The third kappa shape index (κ3) is 7.68. The SMILES string of the molecule is CC1(C)c2cc(-c3ccc(-c4cc5ccccc5c5ccccc45)cc3)ccc2-c2ccc(N(c3ccc(-c4ccc(-c5ccccc5)cc4)cc3)c3ccc(-c4ccc(-c5ccccc5)cc4)cc3)cc21. The maximum absolute atomic E-state index is 2.43. The third-order valence-corrected chi connectivity index (χ3v) is 15.1. The monoisotopic (exact) mass is 917 g/mol. The average Bonchev–Trinajstić information content (AvgIpc) is 3.68. The molecule has 0 N–H and O–H groups in total. The van der Waals surface area contributed by atoms with E-state index in [-0.39, 0.29) is 5.41 Å². The summed E-state index contributed by atoms with van der Waals surface area (Å²) in [5, 5.41) is 5.13. The summed E-state index contributed by atoms with van der Waals surface area (Å²) in [4.78, 5) is 2.41. The quantitative estimate of drug-likeness (QED) is 0.130. The number of hydrogen-bond donors (Lipinski definition) is 0. The molecule has 0 aliphatic heterocycles. The lowest BCUT2D eigenvalue weighted by Crippen LogP contribution is -2.16. The van der Waals surface area contributed by atoms with Crippen LogP contribution in [0.4, 0.5) is 17.1 Å². The van der Waals surface area contributed by atoms with E-state index in [0.29, 0.717) is 0 Å². The van der Waals surface area contributed by atoms with Gasteiger partial charge in [-0.05, 0) is 159 Å². The van der Waals surface area contributed by atoms with Gasteiger partial charge in [-0.25, -0.2) is 0 Å². The number of hydrogen-bond acceptors (Lipinski definition) is 1. The van der Waals surface area contributed by atoms with Crippen LogP contribution in [0.5, 0.6) is 0 Å². The van der Waals surface area contributed by atoms with E-state index in [1.807, 2.05) is 0 Å². The second kappa shape index (κ2) is 17.7. The molecule has 0 aromatic heterocycles. The van der Waals surface area contributed by atoms with Crippen molar-refractivity contribution in [2.24, 2.45) is 0 Å². The maximum atomic E-state index is 2.43. The first-order chi connectivity index (χ1) is 35.4. The van der Waals surface area contributed by atoms with Crippen molar-refractivity contribution in [2.45, 2.75) is 19.3 Å². The average molecular weight is 918 g/mol. The van der Waals surface area contributed by atoms with Crippen molar-refractivity contribution in [1.29, 1.82) is 0 Å². The second-order valence-electron chi connectivity index (χ2n) is 19.7. The second-order valence-corrected chi connectivity index (χ2v) is 19.7. The van der Waals surface area contributed by atoms with Gasteiger partial charge in [-0.2, -0.15) is 0 Å². The van der Waals surface area contributed by atoms with Gasteiger partial charge in [-0.3, -0.25) is 0 Å². The Bertz CT molecular complexity index is 3800. The van der Waals surface area contributed by atoms with E-state index in [4.69, 9.17) is 0 Å². The Labute approximate surface area is 422 Å². The molecule has 0 bridgehead atoms. The Morgan fingerprint density at radius 2 is 0.583 bits per heavy atom. The zero-order valence-corrected chi connectivity index (χ0v) is 40.4. The van der Waals surface area contributed by atoms with Crippen molar-refractivity contribution in [2.75, 3.05) is 4.90 Å². The minimum Gasteiger partial charge on any atom is -0.310 e. The summed E-state index contributed by atoms with van der Waals surface area (Å²) >= 11 is 0. The smallest absolute Gasteiger partial charge is 0.0465 e. The molecule has 1 aliphatic rings. The topological polar surface area (TPSA) is 3.24 Å². The summed E-state index contributed by atoms with van der Waals surface area (Å²) in [7, 11) is 0. The van der Waals surface area contributed by atoms with Crippen LogP contribution in [0.3, 0.4) is 0 Å². The maximum Gasteiger partial charge on any atom is 0.0465 e. The lowest BCUT2D eigenvalue weighted by atomic mass is 9.81. The highest BCUT2D eigenvalue weighted by Crippen LogP contribution is 2.52. The molecule has 1 aliphatic carbocycles. The molecular formula is C71H51N. The summed E-state index contributed by atoms with van der Waals surface area (Å²) in [6.07, 6.45) is 0. The van der Waals surface area contributed by atoms with Gasteiger partial charge in [0.15, 0.2) is 0 Å². The molecule has 0 saturated carbocycles. The molecule has 0 fully saturated rings. The van der Waals surface area contributed by atoms with E-state index in [9.17, 15) is 0 Å². The molecule has 0 unspecified atom stereocenters. The van der Waals surface area contributed by atoms with Crippen LogP contribution in [0.15, 0.2) is 273 Å². The van der Waals surface area contributed by atoms with E-state index in [0.717, 1.165) is 17.1 Å². The molecule has 72 heavy (non-hydrogen) atoms. The molecule has 0 spiro atoms. The molecule has 0 saturated heterocycles. The fraction of sp³-hybridized carbons (Fsp3) is 0.0423. The largest absolute Gasteiger partial charge is 0.310 e. The van der Waals surface area contributed by atoms with E-state index in [1.54, 1.807) is 0 Å². The van der Waals surface area contributed by atoms with E-state index < -0.39 is 0 Å². The van der Waals surface area contributed by atoms with Crippen molar-refractivity contribution in [1.82, 2.24) is 0 Å². The molecule has 0 heterocycles. The predicted molar refractivity (Wildman–Crippen MR) is 306 cm³/mol. The Morgan fingerprint density at radius 1 is 0.236 bits per heavy atom. The van der Waals surface area contributed by atoms with Crippen molar-refractivity contribution < 1.29 is 0 Å². The number of nitrogens with zero attached hydrogens (tertiary/aromatic N) is 1. The summed E-state index contributed by atoms with van der Waals surface area (Å²) in [6.45, 7) is 4.78. The minimum absolute atomic E-state index is 0.224. The van der Waals surface area contributed by atoms with Crippen molar-refractivity contribution in [3.05, 3.63) is 284 Å². The fourth-order valence-corrected chi connectivity index (χ4v) is 11.2. The molecule has 0 atom stereocenters. The Morgan fingerprint density at radius 3 is 1.10 bits per heavy atom. The summed E-state index contributed by atoms with van der Waals surface area (Å²) < 4.78 is 0. The van der Waals surface area contributed by atoms with Gasteiger partial charge in [0.25, 0.3) is 0 Å². The molecule has 1 heteroatoms. The Kier molecular flexibility index (Phi) is 10.6. The Balaban J connectivity index is 0.830. The summed E-state index contributed by atoms with van der Waals surface area (Å²) in [5.74, 6) is 0. The molecule has 13 rings (SSSR count). The van der Waals surface area contributed by atoms with Gasteiger partial charge < -0.3 is 4.90 Å². The number of fused-ring (bicyclic) bond motifs is 6. The van der Waals surface area contributed by atoms with Crippen LogP contribution in [0.1, 0.15) is 25.0 Å². The summed E-state index contributed by atoms with van der Waals surface area (Å²) in [6, 6.07) is 100. The van der Waals surface area contributed by atoms with E-state index in [1.165, 1.54) is 111 Å². The first kappa shape index (κ1) is 43.0. The van der Waals surface area contributed by atoms with Crippen LogP contribution < -0.4 is 4.90 Å². The molecule has 12 aromatic rings. The van der Waals surface area contributed by atoms with Crippen LogP contribution >= 0.6 is 0 Å². The van der Waals surface area contributed by atoms with Gasteiger partial charge in [0, 0.05) is 22.5 Å². The van der Waals surface area contributed by atoms with Crippen molar-refractivity contribution in [3.8, 4) is 77.9 Å². The van der Waals surface area contributed by atoms with Crippen LogP contribution in [-0.2, 0) is 5.41 Å². The van der Waals surface area contributed by atoms with E-state index in [2.05, 4.69) is 292 Å². The number of anilines is 3. The highest BCUT2D eigenvalue weighted by Gasteiger charge is 2.36. The molecule has 0 radical (unpaired) electrons. The van der Waals surface area contributed by atoms with Gasteiger partial charge in [-0.15, -0.1) is 0 Å². The lowest BCUT2D eigenvalue weighted by molar-refractivity contribution is 0.660. The Hall–Kier alpha value is -9.04. The number of rotatable bonds is 9. The lowest BCUT2D eigenvalue weighted by Gasteiger charge is -2.28. The van der Waals surface area contributed by atoms with Crippen molar-refractivity contribution >= 4 is 38.6 Å². The molecule has 12 aromatic carbocycles. The predicted octanol–water partition coefficient (Wildman–Crippen LogP) is 19.8. The molecule has 0 amide bonds. The first-order valence-corrected chi connectivity index (χ1v) is 25.1. The highest BCUT2D eigenvalue weighted by molar-refractivity contribution is 6.13. The van der Waals surface area contributed by atoms with Crippen LogP contribution in [-0.4, -0.2) is 0 Å². The normalized spacial score (nSPS) is 12.4. The molecule has 1 nitrogen and oxygen atoms in total. The third-order valence-electron chi connectivity index (χ3n) is 15.1. The van der Waals surface area contributed by atoms with E-state index >= 15 is 0 Å². The first-order valence-electron chi connectivity index (χ1n) is 25.1. The van der Waals surface area contributed by atoms with Crippen LogP contribution in [0.2, 0.25) is 0 Å². The standard InChI is InChI=1S/C71H51N/c1-71(2)69-46-58(56-29-31-57(32-30-56)68-45-59-17-9-10-18-63(59)64-19-11-12-20-65(64)68)37-43-66(69)67-44-42-62(47-70(67)71)72(60-38-33-54(34-39-60)52-25-21-50(22-26-52)48-13-5-3-6-14-48)61-40-35-55(36-41-61)53-27-23-51(24-28-53)49-15-7-4-8-16-49/h3-47H,1-2H3. The zero-order chi connectivity index (χ0) is 48.2. The fourth-order valence-electron chi connectivity index (χ4n) is 11.2. The van der Waals surface area contributed by atoms with Crippen molar-refractivity contribution in [3.63, 3.8) is 0 Å². The van der Waals surface area contributed by atoms with Crippen LogP contribution in [0.25, 0.3) is 99.4 Å². The minimum atomic E-state index is -0.224.